The van der Waals surface area contributed by atoms with Crippen molar-refractivity contribution in [2.75, 3.05) is 10.6 Å². The Morgan fingerprint density at radius 1 is 1.08 bits per heavy atom. The van der Waals surface area contributed by atoms with E-state index in [9.17, 15) is 4.79 Å². The lowest BCUT2D eigenvalue weighted by Crippen LogP contribution is -2.20. The number of imidazole rings is 1. The highest BCUT2D eigenvalue weighted by Gasteiger charge is 2.14. The van der Waals surface area contributed by atoms with Crippen LogP contribution in [0.5, 0.6) is 0 Å². The SMILES string of the molecule is O=C(Cn1c(NCc2ccccc2)nc2ccccc21)Nc1nncs1. The van der Waals surface area contributed by atoms with E-state index in [0.29, 0.717) is 17.6 Å². The molecular formula is C18H16N6OS. The van der Waals surface area contributed by atoms with Gasteiger partial charge in [-0.25, -0.2) is 4.98 Å². The number of para-hydroxylation sites is 2. The minimum absolute atomic E-state index is 0.136. The lowest BCUT2D eigenvalue weighted by atomic mass is 10.2. The maximum absolute atomic E-state index is 12.4. The van der Waals surface area contributed by atoms with Gasteiger partial charge in [-0.3, -0.25) is 10.1 Å². The first-order valence-corrected chi connectivity index (χ1v) is 8.96. The summed E-state index contributed by atoms with van der Waals surface area (Å²) in [6, 6.07) is 17.8. The third kappa shape index (κ3) is 3.55. The Morgan fingerprint density at radius 3 is 2.69 bits per heavy atom. The van der Waals surface area contributed by atoms with Crippen molar-refractivity contribution in [3.8, 4) is 0 Å². The molecule has 0 bridgehead atoms. The van der Waals surface area contributed by atoms with E-state index in [1.54, 1.807) is 5.51 Å². The smallest absolute Gasteiger partial charge is 0.246 e. The van der Waals surface area contributed by atoms with Crippen LogP contribution in [0, 0.1) is 0 Å². The van der Waals surface area contributed by atoms with Gasteiger partial charge in [0.15, 0.2) is 0 Å². The van der Waals surface area contributed by atoms with Crippen LogP contribution < -0.4 is 10.6 Å². The quantitative estimate of drug-likeness (QED) is 0.549. The first-order valence-electron chi connectivity index (χ1n) is 8.09. The monoisotopic (exact) mass is 364 g/mol. The van der Waals surface area contributed by atoms with E-state index >= 15 is 0 Å². The van der Waals surface area contributed by atoms with E-state index in [0.717, 1.165) is 16.6 Å². The van der Waals surface area contributed by atoms with Crippen LogP contribution in [-0.2, 0) is 17.9 Å². The Bertz CT molecular complexity index is 1010. The van der Waals surface area contributed by atoms with Crippen molar-refractivity contribution in [1.82, 2.24) is 19.7 Å². The van der Waals surface area contributed by atoms with Gasteiger partial charge in [0.05, 0.1) is 11.0 Å². The van der Waals surface area contributed by atoms with Crippen molar-refractivity contribution in [2.24, 2.45) is 0 Å². The zero-order chi connectivity index (χ0) is 17.8. The normalized spacial score (nSPS) is 10.8. The third-order valence-corrected chi connectivity index (χ3v) is 4.46. The fraction of sp³-hybridized carbons (Fsp3) is 0.111. The van der Waals surface area contributed by atoms with Crippen LogP contribution >= 0.6 is 11.3 Å². The highest BCUT2D eigenvalue weighted by molar-refractivity contribution is 7.13. The van der Waals surface area contributed by atoms with Gasteiger partial charge < -0.3 is 9.88 Å². The van der Waals surface area contributed by atoms with Crippen LogP contribution in [0.25, 0.3) is 11.0 Å². The molecule has 0 saturated heterocycles. The van der Waals surface area contributed by atoms with Crippen LogP contribution in [0.2, 0.25) is 0 Å². The minimum atomic E-state index is -0.173. The number of anilines is 2. The Hall–Kier alpha value is -3.26. The van der Waals surface area contributed by atoms with Gasteiger partial charge in [0.1, 0.15) is 12.1 Å². The summed E-state index contributed by atoms with van der Waals surface area (Å²) >= 11 is 1.28. The van der Waals surface area contributed by atoms with Crippen LogP contribution in [0.1, 0.15) is 5.56 Å². The van der Waals surface area contributed by atoms with Gasteiger partial charge in [-0.2, -0.15) is 0 Å². The molecule has 2 heterocycles. The van der Waals surface area contributed by atoms with Crippen molar-refractivity contribution in [2.45, 2.75) is 13.1 Å². The molecule has 0 aliphatic heterocycles. The summed E-state index contributed by atoms with van der Waals surface area (Å²) in [5.41, 5.74) is 4.46. The highest BCUT2D eigenvalue weighted by atomic mass is 32.1. The maximum Gasteiger partial charge on any atom is 0.246 e. The molecule has 4 aromatic rings. The largest absolute Gasteiger partial charge is 0.352 e. The number of aromatic nitrogens is 4. The first-order chi connectivity index (χ1) is 12.8. The first kappa shape index (κ1) is 16.2. The zero-order valence-electron chi connectivity index (χ0n) is 13.8. The molecule has 2 aromatic carbocycles. The van der Waals surface area contributed by atoms with Crippen molar-refractivity contribution in [1.29, 1.82) is 0 Å². The molecule has 0 saturated carbocycles. The molecular weight excluding hydrogens is 348 g/mol. The predicted molar refractivity (Wildman–Crippen MR) is 102 cm³/mol. The maximum atomic E-state index is 12.4. The predicted octanol–water partition coefficient (Wildman–Crippen LogP) is 3.14. The third-order valence-electron chi connectivity index (χ3n) is 3.86. The molecule has 0 aliphatic rings. The minimum Gasteiger partial charge on any atom is -0.352 e. The number of rotatable bonds is 6. The van der Waals surface area contributed by atoms with Crippen LogP contribution in [0.15, 0.2) is 60.1 Å². The Kier molecular flexibility index (Phi) is 4.57. The molecule has 2 N–H and O–H groups in total. The number of nitrogens with zero attached hydrogens (tertiary/aromatic N) is 4. The molecule has 26 heavy (non-hydrogen) atoms. The number of hydrogen-bond donors (Lipinski definition) is 2. The second-order valence-corrected chi connectivity index (χ2v) is 6.47. The number of fused-ring (bicyclic) bond motifs is 1. The summed E-state index contributed by atoms with van der Waals surface area (Å²) in [5.74, 6) is 0.482. The van der Waals surface area contributed by atoms with Crippen LogP contribution in [0.3, 0.4) is 0 Å². The summed E-state index contributed by atoms with van der Waals surface area (Å²) in [6.45, 7) is 0.763. The van der Waals surface area contributed by atoms with E-state index in [1.165, 1.54) is 11.3 Å². The molecule has 7 nitrogen and oxygen atoms in total. The van der Waals surface area contributed by atoms with Gasteiger partial charge in [-0.15, -0.1) is 10.2 Å². The van der Waals surface area contributed by atoms with Crippen LogP contribution in [-0.4, -0.2) is 25.7 Å². The second-order valence-electron chi connectivity index (χ2n) is 5.64. The Labute approximate surface area is 153 Å². The van der Waals surface area contributed by atoms with E-state index in [2.05, 4.69) is 25.8 Å². The average Bonchev–Trinajstić information content (AvgIpc) is 3.29. The molecule has 4 rings (SSSR count). The number of amides is 1. The summed E-state index contributed by atoms with van der Waals surface area (Å²) in [4.78, 5) is 17.0. The summed E-state index contributed by atoms with van der Waals surface area (Å²) in [6.07, 6.45) is 0. The van der Waals surface area contributed by atoms with Gasteiger partial charge >= 0.3 is 0 Å². The zero-order valence-corrected chi connectivity index (χ0v) is 14.6. The fourth-order valence-corrected chi connectivity index (χ4v) is 3.14. The van der Waals surface area contributed by atoms with E-state index in [4.69, 9.17) is 0 Å². The topological polar surface area (TPSA) is 84.7 Å². The fourth-order valence-electron chi connectivity index (χ4n) is 2.68. The molecule has 8 heteroatoms. The van der Waals surface area contributed by atoms with Crippen LogP contribution in [0.4, 0.5) is 11.1 Å². The number of nitrogens with one attached hydrogen (secondary N) is 2. The van der Waals surface area contributed by atoms with Gasteiger partial charge in [0, 0.05) is 6.54 Å². The lowest BCUT2D eigenvalue weighted by Gasteiger charge is -2.10. The molecule has 130 valence electrons. The number of carbonyl (C=O) groups excluding carboxylic acids is 1. The average molecular weight is 364 g/mol. The molecule has 0 spiro atoms. The molecule has 0 aliphatic carbocycles. The van der Waals surface area contributed by atoms with E-state index < -0.39 is 0 Å². The van der Waals surface area contributed by atoms with Gasteiger partial charge in [-0.1, -0.05) is 53.8 Å². The number of carbonyl (C=O) groups is 1. The lowest BCUT2D eigenvalue weighted by molar-refractivity contribution is -0.116. The second kappa shape index (κ2) is 7.32. The summed E-state index contributed by atoms with van der Waals surface area (Å²) in [5, 5.41) is 14.1. The molecule has 0 atom stereocenters. The van der Waals surface area contributed by atoms with Gasteiger partial charge in [0.2, 0.25) is 17.0 Å². The molecule has 1 amide bonds. The van der Waals surface area contributed by atoms with Crippen molar-refractivity contribution < 1.29 is 4.79 Å². The van der Waals surface area contributed by atoms with Crippen molar-refractivity contribution in [3.05, 3.63) is 65.7 Å². The van der Waals surface area contributed by atoms with Crippen molar-refractivity contribution >= 4 is 39.4 Å². The number of benzene rings is 2. The summed E-state index contributed by atoms with van der Waals surface area (Å²) in [7, 11) is 0. The summed E-state index contributed by atoms with van der Waals surface area (Å²) < 4.78 is 1.87. The molecule has 0 unspecified atom stereocenters. The Morgan fingerprint density at radius 2 is 1.88 bits per heavy atom. The molecule has 2 aromatic heterocycles. The standard InChI is InChI=1S/C18H16N6OS/c25-16(22-18-23-20-12-26-18)11-24-15-9-5-4-8-14(15)21-17(24)19-10-13-6-2-1-3-7-13/h1-9,12H,10-11H2,(H,19,21)(H,22,23,25). The number of hydrogen-bond acceptors (Lipinski definition) is 6. The van der Waals surface area contributed by atoms with Crippen molar-refractivity contribution in [3.63, 3.8) is 0 Å². The molecule has 0 fully saturated rings. The van der Waals surface area contributed by atoms with Gasteiger partial charge in [-0.05, 0) is 17.7 Å². The highest BCUT2D eigenvalue weighted by Crippen LogP contribution is 2.20. The Balaban J connectivity index is 1.58. The van der Waals surface area contributed by atoms with Gasteiger partial charge in [0.25, 0.3) is 0 Å². The molecule has 0 radical (unpaired) electrons. The van der Waals surface area contributed by atoms with E-state index in [1.807, 2.05) is 59.2 Å². The van der Waals surface area contributed by atoms with E-state index in [-0.39, 0.29) is 12.5 Å².